The van der Waals surface area contributed by atoms with E-state index in [0.29, 0.717) is 25.5 Å². The summed E-state index contributed by atoms with van der Waals surface area (Å²) >= 11 is 0. The van der Waals surface area contributed by atoms with Crippen molar-refractivity contribution >= 4 is 5.84 Å². The van der Waals surface area contributed by atoms with E-state index in [9.17, 15) is 0 Å². The van der Waals surface area contributed by atoms with E-state index in [1.165, 1.54) is 5.56 Å². The van der Waals surface area contributed by atoms with E-state index in [2.05, 4.69) is 4.99 Å². The molecule has 1 rings (SSSR count). The summed E-state index contributed by atoms with van der Waals surface area (Å²) in [5.74, 6) is 0.658. The van der Waals surface area contributed by atoms with Crippen LogP contribution in [-0.4, -0.2) is 18.0 Å². The standard InChI is InChI=1S/C14H22N2O/c1-14(2,3)16-13(15)9-10-17-11-12-7-5-4-6-8-12/h4-8H,9-11H2,1-3H3,(H2,15,16). The Morgan fingerprint density at radius 2 is 1.88 bits per heavy atom. The molecule has 0 fully saturated rings. The van der Waals surface area contributed by atoms with Gasteiger partial charge in [0, 0.05) is 6.42 Å². The first-order valence-electron chi connectivity index (χ1n) is 5.93. The summed E-state index contributed by atoms with van der Waals surface area (Å²) in [6.07, 6.45) is 0.685. The number of ether oxygens (including phenoxy) is 1. The van der Waals surface area contributed by atoms with Crippen LogP contribution in [0.5, 0.6) is 0 Å². The predicted molar refractivity (Wildman–Crippen MR) is 72.1 cm³/mol. The van der Waals surface area contributed by atoms with Gasteiger partial charge in [0.15, 0.2) is 0 Å². The Morgan fingerprint density at radius 3 is 2.47 bits per heavy atom. The van der Waals surface area contributed by atoms with Crippen LogP contribution in [-0.2, 0) is 11.3 Å². The topological polar surface area (TPSA) is 47.6 Å². The van der Waals surface area contributed by atoms with Crippen LogP contribution in [0.1, 0.15) is 32.8 Å². The molecule has 0 aliphatic heterocycles. The number of hydrogen-bond acceptors (Lipinski definition) is 2. The van der Waals surface area contributed by atoms with Crippen molar-refractivity contribution in [1.29, 1.82) is 0 Å². The second-order valence-electron chi connectivity index (χ2n) is 5.06. The first-order valence-corrected chi connectivity index (χ1v) is 5.93. The van der Waals surface area contributed by atoms with Crippen LogP contribution in [0.2, 0.25) is 0 Å². The van der Waals surface area contributed by atoms with Crippen LogP contribution in [0.15, 0.2) is 35.3 Å². The fourth-order valence-corrected chi connectivity index (χ4v) is 1.43. The molecule has 0 atom stereocenters. The quantitative estimate of drug-likeness (QED) is 0.484. The second kappa shape index (κ2) is 6.40. The molecule has 1 aromatic carbocycles. The van der Waals surface area contributed by atoms with Crippen LogP contribution < -0.4 is 5.73 Å². The minimum absolute atomic E-state index is 0.108. The van der Waals surface area contributed by atoms with Crippen LogP contribution in [0.4, 0.5) is 0 Å². The lowest BCUT2D eigenvalue weighted by Gasteiger charge is -2.13. The number of rotatable bonds is 5. The molecule has 3 nitrogen and oxygen atoms in total. The molecule has 0 bridgehead atoms. The van der Waals surface area contributed by atoms with Crippen LogP contribution in [0, 0.1) is 0 Å². The van der Waals surface area contributed by atoms with Gasteiger partial charge < -0.3 is 10.5 Å². The smallest absolute Gasteiger partial charge is 0.0966 e. The van der Waals surface area contributed by atoms with Gasteiger partial charge in [0.05, 0.1) is 24.6 Å². The van der Waals surface area contributed by atoms with Gasteiger partial charge in [0.25, 0.3) is 0 Å². The van der Waals surface area contributed by atoms with Gasteiger partial charge in [-0.15, -0.1) is 0 Å². The largest absolute Gasteiger partial charge is 0.387 e. The highest BCUT2D eigenvalue weighted by Crippen LogP contribution is 2.06. The van der Waals surface area contributed by atoms with Gasteiger partial charge in [-0.2, -0.15) is 0 Å². The molecular formula is C14H22N2O. The zero-order valence-electron chi connectivity index (χ0n) is 10.9. The second-order valence-corrected chi connectivity index (χ2v) is 5.06. The van der Waals surface area contributed by atoms with Gasteiger partial charge in [-0.1, -0.05) is 30.3 Å². The number of amidine groups is 1. The van der Waals surface area contributed by atoms with E-state index in [1.54, 1.807) is 0 Å². The summed E-state index contributed by atoms with van der Waals surface area (Å²) in [5.41, 5.74) is 6.88. The Kier molecular flexibility index (Phi) is 5.16. The van der Waals surface area contributed by atoms with E-state index in [1.807, 2.05) is 51.1 Å². The number of nitrogens with two attached hydrogens (primary N) is 1. The SMILES string of the molecule is CC(C)(C)N=C(N)CCOCc1ccccc1. The van der Waals surface area contributed by atoms with E-state index >= 15 is 0 Å². The van der Waals surface area contributed by atoms with Crippen LogP contribution in [0.3, 0.4) is 0 Å². The number of aliphatic imine (C=N–C) groups is 1. The first kappa shape index (κ1) is 13.7. The Hall–Kier alpha value is -1.35. The first-order chi connectivity index (χ1) is 7.97. The van der Waals surface area contributed by atoms with Crippen molar-refractivity contribution < 1.29 is 4.74 Å². The molecule has 17 heavy (non-hydrogen) atoms. The van der Waals surface area contributed by atoms with Crippen molar-refractivity contribution in [3.8, 4) is 0 Å². The Bertz CT molecular complexity index is 352. The average molecular weight is 234 g/mol. The fraction of sp³-hybridized carbons (Fsp3) is 0.500. The van der Waals surface area contributed by atoms with Gasteiger partial charge in [-0.3, -0.25) is 4.99 Å². The molecule has 0 saturated heterocycles. The number of nitrogens with zero attached hydrogens (tertiary/aromatic N) is 1. The maximum Gasteiger partial charge on any atom is 0.0966 e. The molecule has 0 heterocycles. The van der Waals surface area contributed by atoms with Crippen molar-refractivity contribution in [2.45, 2.75) is 39.3 Å². The minimum Gasteiger partial charge on any atom is -0.387 e. The lowest BCUT2D eigenvalue weighted by molar-refractivity contribution is 0.127. The molecule has 0 unspecified atom stereocenters. The van der Waals surface area contributed by atoms with Crippen molar-refractivity contribution in [1.82, 2.24) is 0 Å². The third-order valence-electron chi connectivity index (χ3n) is 2.09. The van der Waals surface area contributed by atoms with Gasteiger partial charge in [0.1, 0.15) is 0 Å². The van der Waals surface area contributed by atoms with Crippen molar-refractivity contribution in [3.05, 3.63) is 35.9 Å². The molecule has 0 aliphatic rings. The third kappa shape index (κ3) is 6.74. The van der Waals surface area contributed by atoms with E-state index in [0.717, 1.165) is 0 Å². The summed E-state index contributed by atoms with van der Waals surface area (Å²) in [4.78, 5) is 4.37. The lowest BCUT2D eigenvalue weighted by atomic mass is 10.1. The van der Waals surface area contributed by atoms with Gasteiger partial charge in [-0.25, -0.2) is 0 Å². The zero-order chi connectivity index (χ0) is 12.7. The summed E-state index contributed by atoms with van der Waals surface area (Å²) in [6, 6.07) is 10.1. The Morgan fingerprint density at radius 1 is 1.24 bits per heavy atom. The van der Waals surface area contributed by atoms with Gasteiger partial charge in [-0.05, 0) is 26.3 Å². The highest BCUT2D eigenvalue weighted by molar-refractivity contribution is 5.80. The van der Waals surface area contributed by atoms with Crippen molar-refractivity contribution in [3.63, 3.8) is 0 Å². The summed E-state index contributed by atoms with van der Waals surface area (Å²) in [5, 5.41) is 0. The number of benzene rings is 1. The average Bonchev–Trinajstić information content (AvgIpc) is 2.23. The molecule has 0 radical (unpaired) electrons. The van der Waals surface area contributed by atoms with E-state index in [4.69, 9.17) is 10.5 Å². The molecule has 2 N–H and O–H groups in total. The molecular weight excluding hydrogens is 212 g/mol. The summed E-state index contributed by atoms with van der Waals surface area (Å²) < 4.78 is 5.54. The molecule has 94 valence electrons. The normalized spacial score (nSPS) is 12.8. The molecule has 0 aliphatic carbocycles. The maximum absolute atomic E-state index is 5.81. The predicted octanol–water partition coefficient (Wildman–Crippen LogP) is 2.75. The highest BCUT2D eigenvalue weighted by Gasteiger charge is 2.07. The van der Waals surface area contributed by atoms with Gasteiger partial charge in [0.2, 0.25) is 0 Å². The fourth-order valence-electron chi connectivity index (χ4n) is 1.43. The Balaban J connectivity index is 2.23. The van der Waals surface area contributed by atoms with Crippen LogP contribution >= 0.6 is 0 Å². The zero-order valence-corrected chi connectivity index (χ0v) is 10.9. The molecule has 3 heteroatoms. The Labute approximate surface area is 104 Å². The van der Waals surface area contributed by atoms with Crippen LogP contribution in [0.25, 0.3) is 0 Å². The summed E-state index contributed by atoms with van der Waals surface area (Å²) in [7, 11) is 0. The molecule has 0 amide bonds. The summed E-state index contributed by atoms with van der Waals surface area (Å²) in [6.45, 7) is 7.34. The molecule has 0 aromatic heterocycles. The van der Waals surface area contributed by atoms with E-state index in [-0.39, 0.29) is 5.54 Å². The molecule has 0 saturated carbocycles. The third-order valence-corrected chi connectivity index (χ3v) is 2.09. The minimum atomic E-state index is -0.108. The van der Waals surface area contributed by atoms with E-state index < -0.39 is 0 Å². The lowest BCUT2D eigenvalue weighted by Crippen LogP contribution is -2.21. The molecule has 1 aromatic rings. The highest BCUT2D eigenvalue weighted by atomic mass is 16.5. The number of hydrogen-bond donors (Lipinski definition) is 1. The maximum atomic E-state index is 5.81. The monoisotopic (exact) mass is 234 g/mol. The van der Waals surface area contributed by atoms with Crippen molar-refractivity contribution in [2.24, 2.45) is 10.7 Å². The van der Waals surface area contributed by atoms with Crippen molar-refractivity contribution in [2.75, 3.05) is 6.61 Å². The molecule has 0 spiro atoms. The van der Waals surface area contributed by atoms with Gasteiger partial charge >= 0.3 is 0 Å².